The lowest BCUT2D eigenvalue weighted by molar-refractivity contribution is -0.142. The number of alkyl carbamates (subject to hydrolysis) is 1. The minimum atomic E-state index is -0.582. The summed E-state index contributed by atoms with van der Waals surface area (Å²) in [6, 6.07) is 4.70. The maximum atomic E-state index is 14.5. The van der Waals surface area contributed by atoms with Gasteiger partial charge in [0.25, 0.3) is 0 Å². The second-order valence-electron chi connectivity index (χ2n) is 7.89. The van der Waals surface area contributed by atoms with E-state index in [4.69, 9.17) is 9.47 Å². The summed E-state index contributed by atoms with van der Waals surface area (Å²) in [4.78, 5) is 25.0. The highest BCUT2D eigenvalue weighted by atomic mass is 19.1. The number of para-hydroxylation sites is 1. The number of amides is 1. The molecule has 1 aliphatic rings. The minimum Gasteiger partial charge on any atom is -0.461 e. The number of hydrogen-bond donors (Lipinski definition) is 1. The molecule has 1 aromatic rings. The molecule has 2 rings (SSSR count). The Balaban J connectivity index is 2.12. The molecule has 1 aromatic carbocycles. The largest absolute Gasteiger partial charge is 0.461 e. The smallest absolute Gasteiger partial charge is 0.408 e. The zero-order valence-corrected chi connectivity index (χ0v) is 16.0. The van der Waals surface area contributed by atoms with Crippen molar-refractivity contribution in [1.29, 1.82) is 0 Å². The summed E-state index contributed by atoms with van der Waals surface area (Å²) in [6.45, 7) is 9.64. The van der Waals surface area contributed by atoms with Gasteiger partial charge in [0.15, 0.2) is 0 Å². The maximum Gasteiger partial charge on any atom is 0.408 e. The number of esters is 1. The lowest BCUT2D eigenvalue weighted by Crippen LogP contribution is -2.49. The second kappa shape index (κ2) is 7.51. The molecule has 1 atom stereocenters. The number of nitrogens with one attached hydrogen (secondary N) is 1. The van der Waals surface area contributed by atoms with Gasteiger partial charge in [-0.05, 0) is 40.2 Å². The Bertz CT molecular complexity index is 687. The van der Waals surface area contributed by atoms with Crippen molar-refractivity contribution in [1.82, 2.24) is 5.32 Å². The Hall–Kier alpha value is -2.31. The number of anilines is 1. The first-order chi connectivity index (χ1) is 12.0. The highest BCUT2D eigenvalue weighted by Gasteiger charge is 2.38. The van der Waals surface area contributed by atoms with Crippen LogP contribution in [-0.2, 0) is 20.9 Å². The molecule has 0 spiro atoms. The van der Waals surface area contributed by atoms with Gasteiger partial charge in [-0.3, -0.25) is 4.79 Å². The summed E-state index contributed by atoms with van der Waals surface area (Å²) < 4.78 is 24.8. The minimum absolute atomic E-state index is 0.00906. The van der Waals surface area contributed by atoms with Crippen LogP contribution >= 0.6 is 0 Å². The van der Waals surface area contributed by atoms with Gasteiger partial charge < -0.3 is 19.7 Å². The molecule has 1 saturated heterocycles. The molecule has 1 heterocycles. The number of carbonyl (C=O) groups is 2. The first kappa shape index (κ1) is 20.0. The van der Waals surface area contributed by atoms with Crippen LogP contribution in [0.25, 0.3) is 0 Å². The Morgan fingerprint density at radius 1 is 1.35 bits per heavy atom. The maximum absolute atomic E-state index is 14.5. The van der Waals surface area contributed by atoms with Gasteiger partial charge in [0.1, 0.15) is 18.0 Å². The Morgan fingerprint density at radius 3 is 2.65 bits per heavy atom. The molecule has 0 bridgehead atoms. The number of benzene rings is 1. The highest BCUT2D eigenvalue weighted by Crippen LogP contribution is 2.32. The van der Waals surface area contributed by atoms with Crippen LogP contribution in [0.5, 0.6) is 0 Å². The van der Waals surface area contributed by atoms with Crippen molar-refractivity contribution in [3.63, 3.8) is 0 Å². The number of ether oxygens (including phenoxy) is 2. The number of halogens is 1. The molecule has 1 fully saturated rings. The summed E-state index contributed by atoms with van der Waals surface area (Å²) >= 11 is 0. The fraction of sp³-hybridized carbons (Fsp3) is 0.579. The van der Waals surface area contributed by atoms with Crippen LogP contribution in [-0.4, -0.2) is 36.3 Å². The molecular weight excluding hydrogens is 339 g/mol. The van der Waals surface area contributed by atoms with E-state index >= 15 is 0 Å². The van der Waals surface area contributed by atoms with Crippen molar-refractivity contribution in [3.8, 4) is 0 Å². The Labute approximate surface area is 153 Å². The van der Waals surface area contributed by atoms with E-state index in [9.17, 15) is 14.0 Å². The van der Waals surface area contributed by atoms with Gasteiger partial charge in [-0.25, -0.2) is 9.18 Å². The van der Waals surface area contributed by atoms with Crippen molar-refractivity contribution >= 4 is 17.7 Å². The average Bonchev–Trinajstić information content (AvgIpc) is 2.84. The van der Waals surface area contributed by atoms with Crippen molar-refractivity contribution in [3.05, 3.63) is 29.6 Å². The number of rotatable bonds is 4. The van der Waals surface area contributed by atoms with Gasteiger partial charge in [-0.1, -0.05) is 12.1 Å². The standard InChI is InChI=1S/C19H27FN2O4/c1-13(23)25-11-14-7-6-8-15(20)16(14)22-10-9-19(5,12-22)21-17(24)26-18(2,3)4/h6-8H,9-12H2,1-5H3,(H,21,24). The third kappa shape index (κ3) is 5.34. The molecule has 0 saturated carbocycles. The van der Waals surface area contributed by atoms with Gasteiger partial charge >= 0.3 is 12.1 Å². The van der Waals surface area contributed by atoms with E-state index in [1.807, 2.05) is 11.8 Å². The van der Waals surface area contributed by atoms with Gasteiger partial charge in [0, 0.05) is 25.6 Å². The Morgan fingerprint density at radius 2 is 2.04 bits per heavy atom. The summed E-state index contributed by atoms with van der Waals surface area (Å²) in [5, 5.41) is 2.89. The van der Waals surface area contributed by atoms with E-state index in [2.05, 4.69) is 5.32 Å². The SMILES string of the molecule is CC(=O)OCc1cccc(F)c1N1CCC(C)(NC(=O)OC(C)(C)C)C1. The normalized spacial score (nSPS) is 20.0. The van der Waals surface area contributed by atoms with Crippen molar-refractivity contribution < 1.29 is 23.5 Å². The van der Waals surface area contributed by atoms with Gasteiger partial charge in [-0.15, -0.1) is 0 Å². The number of nitrogens with zero attached hydrogens (tertiary/aromatic N) is 1. The van der Waals surface area contributed by atoms with Gasteiger partial charge in [0.2, 0.25) is 0 Å². The fourth-order valence-corrected chi connectivity index (χ4v) is 3.01. The topological polar surface area (TPSA) is 67.9 Å². The van der Waals surface area contributed by atoms with Crippen LogP contribution in [0.15, 0.2) is 18.2 Å². The van der Waals surface area contributed by atoms with E-state index < -0.39 is 23.2 Å². The third-order valence-corrected chi connectivity index (χ3v) is 4.09. The van der Waals surface area contributed by atoms with Crippen LogP contribution in [0.2, 0.25) is 0 Å². The molecule has 144 valence electrons. The van der Waals surface area contributed by atoms with E-state index in [-0.39, 0.29) is 12.4 Å². The van der Waals surface area contributed by atoms with E-state index in [0.29, 0.717) is 30.8 Å². The lowest BCUT2D eigenvalue weighted by Gasteiger charge is -2.29. The lowest BCUT2D eigenvalue weighted by atomic mass is 10.0. The van der Waals surface area contributed by atoms with Crippen molar-refractivity contribution in [2.45, 2.75) is 58.8 Å². The van der Waals surface area contributed by atoms with Crippen molar-refractivity contribution in [2.24, 2.45) is 0 Å². The van der Waals surface area contributed by atoms with Gasteiger partial charge in [0.05, 0.1) is 11.2 Å². The summed E-state index contributed by atoms with van der Waals surface area (Å²) in [7, 11) is 0. The van der Waals surface area contributed by atoms with Crippen LogP contribution in [0.4, 0.5) is 14.9 Å². The molecule has 0 aromatic heterocycles. The molecule has 0 radical (unpaired) electrons. The zero-order chi connectivity index (χ0) is 19.5. The zero-order valence-electron chi connectivity index (χ0n) is 16.0. The van der Waals surface area contributed by atoms with Crippen molar-refractivity contribution in [2.75, 3.05) is 18.0 Å². The molecule has 0 aliphatic carbocycles. The quantitative estimate of drug-likeness (QED) is 0.828. The van der Waals surface area contributed by atoms with Crippen LogP contribution in [0, 0.1) is 5.82 Å². The number of hydrogen-bond acceptors (Lipinski definition) is 5. The molecule has 1 aliphatic heterocycles. The molecule has 26 heavy (non-hydrogen) atoms. The average molecular weight is 366 g/mol. The van der Waals surface area contributed by atoms with E-state index in [1.165, 1.54) is 13.0 Å². The molecule has 1 N–H and O–H groups in total. The van der Waals surface area contributed by atoms with Gasteiger partial charge in [-0.2, -0.15) is 0 Å². The summed E-state index contributed by atoms with van der Waals surface area (Å²) in [6.07, 6.45) is 0.156. The predicted molar refractivity (Wildman–Crippen MR) is 96.5 cm³/mol. The van der Waals surface area contributed by atoms with E-state index in [1.54, 1.807) is 32.9 Å². The second-order valence-corrected chi connectivity index (χ2v) is 7.89. The molecule has 7 heteroatoms. The molecule has 1 amide bonds. The highest BCUT2D eigenvalue weighted by molar-refractivity contribution is 5.69. The summed E-state index contributed by atoms with van der Waals surface area (Å²) in [5.41, 5.74) is -0.115. The molecule has 6 nitrogen and oxygen atoms in total. The van der Waals surface area contributed by atoms with Crippen LogP contribution in [0.1, 0.15) is 46.6 Å². The first-order valence-corrected chi connectivity index (χ1v) is 8.66. The first-order valence-electron chi connectivity index (χ1n) is 8.66. The van der Waals surface area contributed by atoms with Crippen LogP contribution in [0.3, 0.4) is 0 Å². The van der Waals surface area contributed by atoms with E-state index in [0.717, 1.165) is 0 Å². The van der Waals surface area contributed by atoms with Crippen LogP contribution < -0.4 is 10.2 Å². The fourth-order valence-electron chi connectivity index (χ4n) is 3.01. The predicted octanol–water partition coefficient (Wildman–Crippen LogP) is 3.38. The Kier molecular flexibility index (Phi) is 5.78. The monoisotopic (exact) mass is 366 g/mol. The third-order valence-electron chi connectivity index (χ3n) is 4.09. The number of carbonyl (C=O) groups excluding carboxylic acids is 2. The molecular formula is C19H27FN2O4. The summed E-state index contributed by atoms with van der Waals surface area (Å²) in [5.74, 6) is -0.797. The molecule has 1 unspecified atom stereocenters.